The van der Waals surface area contributed by atoms with Crippen LogP contribution in [-0.4, -0.2) is 33.7 Å². The van der Waals surface area contributed by atoms with E-state index in [9.17, 15) is 0 Å². The molecule has 1 saturated carbocycles. The Balaban J connectivity index is 1.70. The van der Waals surface area contributed by atoms with Gasteiger partial charge in [-0.3, -0.25) is 0 Å². The molecule has 0 atom stereocenters. The van der Waals surface area contributed by atoms with Gasteiger partial charge in [0.15, 0.2) is 5.82 Å². The van der Waals surface area contributed by atoms with Gasteiger partial charge in [0.2, 0.25) is 5.89 Å². The second kappa shape index (κ2) is 5.67. The molecule has 1 aliphatic rings. The maximum absolute atomic E-state index is 5.10. The van der Waals surface area contributed by atoms with E-state index in [0.717, 1.165) is 23.0 Å². The minimum absolute atomic E-state index is 0.525. The third kappa shape index (κ3) is 3.12. The van der Waals surface area contributed by atoms with Crippen molar-refractivity contribution in [1.82, 2.24) is 20.1 Å². The van der Waals surface area contributed by atoms with Crippen LogP contribution in [0.5, 0.6) is 0 Å². The number of hydrogen-bond acceptors (Lipinski definition) is 7. The molecule has 2 aromatic rings. The molecule has 7 heteroatoms. The molecule has 0 bridgehead atoms. The van der Waals surface area contributed by atoms with Crippen molar-refractivity contribution in [3.63, 3.8) is 0 Å². The van der Waals surface area contributed by atoms with Gasteiger partial charge in [-0.1, -0.05) is 5.16 Å². The van der Waals surface area contributed by atoms with Crippen LogP contribution in [0, 0.1) is 13.8 Å². The van der Waals surface area contributed by atoms with Crippen molar-refractivity contribution in [1.29, 1.82) is 0 Å². The third-order valence-electron chi connectivity index (χ3n) is 3.54. The molecule has 0 aliphatic heterocycles. The van der Waals surface area contributed by atoms with Crippen LogP contribution in [0.25, 0.3) is 0 Å². The van der Waals surface area contributed by atoms with E-state index < -0.39 is 0 Å². The lowest BCUT2D eigenvalue weighted by molar-refractivity contribution is 0.377. The molecular formula is C14H20N6O. The molecule has 0 aromatic carbocycles. The monoisotopic (exact) mass is 288 g/mol. The standard InChI is InChI=1S/C14H20N6O/c1-8-12(15-3)18-14(10-4-5-10)19-13(8)16-7-6-11-17-9(2)20-21-11/h10H,4-7H2,1-3H3,(H2,15,16,18,19). The van der Waals surface area contributed by atoms with Gasteiger partial charge in [0.25, 0.3) is 0 Å². The van der Waals surface area contributed by atoms with E-state index >= 15 is 0 Å². The summed E-state index contributed by atoms with van der Waals surface area (Å²) < 4.78 is 5.10. The van der Waals surface area contributed by atoms with Crippen LogP contribution in [0.2, 0.25) is 0 Å². The summed E-state index contributed by atoms with van der Waals surface area (Å²) in [5.74, 6) is 4.54. The van der Waals surface area contributed by atoms with E-state index in [-0.39, 0.29) is 0 Å². The molecule has 3 rings (SSSR count). The minimum Gasteiger partial charge on any atom is -0.373 e. The maximum atomic E-state index is 5.10. The van der Waals surface area contributed by atoms with Gasteiger partial charge in [-0.25, -0.2) is 9.97 Å². The quantitative estimate of drug-likeness (QED) is 0.840. The Labute approximate surface area is 123 Å². The van der Waals surface area contributed by atoms with Gasteiger partial charge in [0, 0.05) is 31.5 Å². The SMILES string of the molecule is CNc1nc(C2CC2)nc(NCCc2nc(C)no2)c1C. The Morgan fingerprint density at radius 3 is 2.52 bits per heavy atom. The summed E-state index contributed by atoms with van der Waals surface area (Å²) in [7, 11) is 1.89. The summed E-state index contributed by atoms with van der Waals surface area (Å²) in [6, 6.07) is 0. The first-order chi connectivity index (χ1) is 10.2. The van der Waals surface area contributed by atoms with Crippen LogP contribution in [0.15, 0.2) is 4.52 Å². The summed E-state index contributed by atoms with van der Waals surface area (Å²) in [6.45, 7) is 4.53. The van der Waals surface area contributed by atoms with Crippen molar-refractivity contribution in [2.24, 2.45) is 0 Å². The lowest BCUT2D eigenvalue weighted by Crippen LogP contribution is -2.12. The largest absolute Gasteiger partial charge is 0.373 e. The fraction of sp³-hybridized carbons (Fsp3) is 0.571. The minimum atomic E-state index is 0.525. The topological polar surface area (TPSA) is 88.8 Å². The Morgan fingerprint density at radius 1 is 1.14 bits per heavy atom. The first kappa shape index (κ1) is 13.8. The van der Waals surface area contributed by atoms with Gasteiger partial charge in [-0.2, -0.15) is 4.98 Å². The van der Waals surface area contributed by atoms with Crippen molar-refractivity contribution in [2.75, 3.05) is 24.2 Å². The molecule has 1 aliphatic carbocycles. The van der Waals surface area contributed by atoms with Crippen LogP contribution < -0.4 is 10.6 Å². The Kier molecular flexibility index (Phi) is 3.72. The number of rotatable bonds is 6. The molecule has 0 unspecified atom stereocenters. The van der Waals surface area contributed by atoms with E-state index in [1.165, 1.54) is 12.8 Å². The van der Waals surface area contributed by atoms with Crippen LogP contribution in [0.3, 0.4) is 0 Å². The Morgan fingerprint density at radius 2 is 1.90 bits per heavy atom. The highest BCUT2D eigenvalue weighted by Crippen LogP contribution is 2.39. The zero-order valence-corrected chi connectivity index (χ0v) is 12.6. The summed E-state index contributed by atoms with van der Waals surface area (Å²) in [5.41, 5.74) is 1.03. The van der Waals surface area contributed by atoms with Gasteiger partial charge < -0.3 is 15.2 Å². The fourth-order valence-corrected chi connectivity index (χ4v) is 2.20. The second-order valence-electron chi connectivity index (χ2n) is 5.34. The molecule has 0 radical (unpaired) electrons. The number of aromatic nitrogens is 4. The lowest BCUT2D eigenvalue weighted by Gasteiger charge is -2.13. The van der Waals surface area contributed by atoms with E-state index in [4.69, 9.17) is 4.52 Å². The van der Waals surface area contributed by atoms with Gasteiger partial charge in [0.05, 0.1) is 0 Å². The molecule has 2 aromatic heterocycles. The number of hydrogen-bond donors (Lipinski definition) is 2. The number of nitrogens with zero attached hydrogens (tertiary/aromatic N) is 4. The average molecular weight is 288 g/mol. The predicted molar refractivity (Wildman–Crippen MR) is 79.5 cm³/mol. The van der Waals surface area contributed by atoms with Gasteiger partial charge in [0.1, 0.15) is 17.5 Å². The molecule has 0 saturated heterocycles. The van der Waals surface area contributed by atoms with Crippen molar-refractivity contribution in [2.45, 2.75) is 39.0 Å². The first-order valence-corrected chi connectivity index (χ1v) is 7.26. The van der Waals surface area contributed by atoms with Crippen molar-refractivity contribution < 1.29 is 4.52 Å². The molecule has 7 nitrogen and oxygen atoms in total. The Hall–Kier alpha value is -2.18. The Bertz CT molecular complexity index is 634. The molecule has 112 valence electrons. The molecule has 1 fully saturated rings. The van der Waals surface area contributed by atoms with Gasteiger partial charge in [-0.15, -0.1) is 0 Å². The maximum Gasteiger partial charge on any atom is 0.228 e. The highest BCUT2D eigenvalue weighted by Gasteiger charge is 2.28. The fourth-order valence-electron chi connectivity index (χ4n) is 2.20. The molecule has 21 heavy (non-hydrogen) atoms. The van der Waals surface area contributed by atoms with E-state index in [1.807, 2.05) is 20.9 Å². The summed E-state index contributed by atoms with van der Waals surface area (Å²) in [6.07, 6.45) is 3.05. The number of aryl methyl sites for hydroxylation is 1. The summed E-state index contributed by atoms with van der Waals surface area (Å²) in [5, 5.41) is 10.3. The van der Waals surface area contributed by atoms with E-state index in [0.29, 0.717) is 30.6 Å². The zero-order valence-electron chi connectivity index (χ0n) is 12.6. The van der Waals surface area contributed by atoms with Crippen molar-refractivity contribution in [3.8, 4) is 0 Å². The number of anilines is 2. The van der Waals surface area contributed by atoms with Gasteiger partial charge >= 0.3 is 0 Å². The second-order valence-corrected chi connectivity index (χ2v) is 5.34. The third-order valence-corrected chi connectivity index (χ3v) is 3.54. The highest BCUT2D eigenvalue weighted by atomic mass is 16.5. The normalized spacial score (nSPS) is 14.2. The predicted octanol–water partition coefficient (Wildman–Crippen LogP) is 2.05. The molecule has 2 heterocycles. The van der Waals surface area contributed by atoms with E-state index in [2.05, 4.69) is 30.7 Å². The average Bonchev–Trinajstić information content (AvgIpc) is 3.24. The zero-order chi connectivity index (χ0) is 14.8. The van der Waals surface area contributed by atoms with E-state index in [1.54, 1.807) is 0 Å². The molecule has 0 spiro atoms. The number of nitrogens with one attached hydrogen (secondary N) is 2. The van der Waals surface area contributed by atoms with Crippen LogP contribution >= 0.6 is 0 Å². The van der Waals surface area contributed by atoms with Crippen LogP contribution in [-0.2, 0) is 6.42 Å². The molecular weight excluding hydrogens is 268 g/mol. The lowest BCUT2D eigenvalue weighted by atomic mass is 10.2. The highest BCUT2D eigenvalue weighted by molar-refractivity contribution is 5.57. The first-order valence-electron chi connectivity index (χ1n) is 7.26. The van der Waals surface area contributed by atoms with Crippen molar-refractivity contribution >= 4 is 11.6 Å². The van der Waals surface area contributed by atoms with Crippen molar-refractivity contribution in [3.05, 3.63) is 23.1 Å². The summed E-state index contributed by atoms with van der Waals surface area (Å²) >= 11 is 0. The molecule has 2 N–H and O–H groups in total. The smallest absolute Gasteiger partial charge is 0.228 e. The summed E-state index contributed by atoms with van der Waals surface area (Å²) in [4.78, 5) is 13.4. The van der Waals surface area contributed by atoms with Crippen LogP contribution in [0.1, 0.15) is 41.9 Å². The van der Waals surface area contributed by atoms with Crippen LogP contribution in [0.4, 0.5) is 11.6 Å². The molecule has 0 amide bonds. The van der Waals surface area contributed by atoms with Gasteiger partial charge in [-0.05, 0) is 26.7 Å².